The Morgan fingerprint density at radius 1 is 1.33 bits per heavy atom. The number of aliphatic carboxylic acids is 1. The fraction of sp³-hybridized carbons (Fsp3) is 0.533. The Labute approximate surface area is 124 Å². The number of carboxylic acid groups (broad SMARTS) is 1. The van der Waals surface area contributed by atoms with Crippen LogP contribution in [0.2, 0.25) is 0 Å². The van der Waals surface area contributed by atoms with Crippen molar-refractivity contribution in [1.82, 2.24) is 15.2 Å². The van der Waals surface area contributed by atoms with Crippen LogP contribution in [0.5, 0.6) is 0 Å². The number of hydrogen-bond donors (Lipinski definition) is 2. The van der Waals surface area contributed by atoms with Crippen molar-refractivity contribution >= 4 is 12.0 Å². The Kier molecular flexibility index (Phi) is 4.77. The molecule has 1 aliphatic carbocycles. The molecule has 0 bridgehead atoms. The molecule has 114 valence electrons. The van der Waals surface area contributed by atoms with Gasteiger partial charge in [0.05, 0.1) is 12.2 Å². The predicted molar refractivity (Wildman–Crippen MR) is 77.7 cm³/mol. The second kappa shape index (κ2) is 6.56. The normalized spacial score (nSPS) is 17.0. The van der Waals surface area contributed by atoms with Crippen molar-refractivity contribution < 1.29 is 14.7 Å². The number of carboxylic acids is 1. The first kappa shape index (κ1) is 15.3. The zero-order valence-electron chi connectivity index (χ0n) is 12.2. The third-order valence-electron chi connectivity index (χ3n) is 3.93. The van der Waals surface area contributed by atoms with E-state index in [0.29, 0.717) is 19.4 Å². The number of rotatable bonds is 4. The van der Waals surface area contributed by atoms with E-state index in [1.807, 2.05) is 18.2 Å². The van der Waals surface area contributed by atoms with Crippen molar-refractivity contribution in [3.05, 3.63) is 30.1 Å². The lowest BCUT2D eigenvalue weighted by atomic mass is 9.82. The molecule has 21 heavy (non-hydrogen) atoms. The first-order valence-corrected chi connectivity index (χ1v) is 7.20. The SMILES string of the molecule is CN(Cc1ccccn1)C(=O)NC1(C(=O)O)CCCCC1. The number of carbonyl (C=O) groups is 2. The zero-order valence-corrected chi connectivity index (χ0v) is 12.2. The average molecular weight is 291 g/mol. The Bertz CT molecular complexity index is 498. The van der Waals surface area contributed by atoms with Gasteiger partial charge in [-0.1, -0.05) is 25.3 Å². The molecule has 0 saturated heterocycles. The van der Waals surface area contributed by atoms with E-state index in [-0.39, 0.29) is 6.03 Å². The lowest BCUT2D eigenvalue weighted by Crippen LogP contribution is -2.58. The fourth-order valence-electron chi connectivity index (χ4n) is 2.65. The summed E-state index contributed by atoms with van der Waals surface area (Å²) in [6, 6.07) is 5.13. The van der Waals surface area contributed by atoms with Gasteiger partial charge in [0.15, 0.2) is 0 Å². The minimum absolute atomic E-state index is 0.350. The number of aromatic nitrogens is 1. The van der Waals surface area contributed by atoms with E-state index in [2.05, 4.69) is 10.3 Å². The van der Waals surface area contributed by atoms with Crippen molar-refractivity contribution in [2.24, 2.45) is 0 Å². The van der Waals surface area contributed by atoms with Gasteiger partial charge in [-0.05, 0) is 25.0 Å². The summed E-state index contributed by atoms with van der Waals surface area (Å²) >= 11 is 0. The molecule has 1 heterocycles. The fourth-order valence-corrected chi connectivity index (χ4v) is 2.65. The Hall–Kier alpha value is -2.11. The standard InChI is InChI=1S/C15H21N3O3/c1-18(11-12-7-3-6-10-16-12)14(21)17-15(13(19)20)8-4-2-5-9-15/h3,6-7,10H,2,4-5,8-9,11H2,1H3,(H,17,21)(H,19,20). The third kappa shape index (κ3) is 3.71. The largest absolute Gasteiger partial charge is 0.480 e. The van der Waals surface area contributed by atoms with Gasteiger partial charge in [0.25, 0.3) is 0 Å². The second-order valence-corrected chi connectivity index (χ2v) is 5.56. The smallest absolute Gasteiger partial charge is 0.329 e. The third-order valence-corrected chi connectivity index (χ3v) is 3.93. The molecule has 2 N–H and O–H groups in total. The molecule has 1 aromatic rings. The quantitative estimate of drug-likeness (QED) is 0.889. The molecular weight excluding hydrogens is 270 g/mol. The molecule has 1 aromatic heterocycles. The first-order valence-electron chi connectivity index (χ1n) is 7.20. The summed E-state index contributed by atoms with van der Waals surface area (Å²) in [7, 11) is 1.64. The van der Waals surface area contributed by atoms with Gasteiger partial charge in [0.1, 0.15) is 5.54 Å². The summed E-state index contributed by atoms with van der Waals surface area (Å²) in [6.45, 7) is 0.350. The van der Waals surface area contributed by atoms with E-state index in [0.717, 1.165) is 25.0 Å². The summed E-state index contributed by atoms with van der Waals surface area (Å²) in [5.74, 6) is -0.943. The van der Waals surface area contributed by atoms with Crippen molar-refractivity contribution in [1.29, 1.82) is 0 Å². The molecule has 0 atom stereocenters. The van der Waals surface area contributed by atoms with Crippen molar-refractivity contribution in [3.8, 4) is 0 Å². The number of amides is 2. The van der Waals surface area contributed by atoms with Gasteiger partial charge in [0.2, 0.25) is 0 Å². The van der Waals surface area contributed by atoms with Gasteiger partial charge in [0, 0.05) is 13.2 Å². The predicted octanol–water partition coefficient (Wildman–Crippen LogP) is 2.01. The lowest BCUT2D eigenvalue weighted by Gasteiger charge is -2.35. The highest BCUT2D eigenvalue weighted by Gasteiger charge is 2.41. The van der Waals surface area contributed by atoms with E-state index >= 15 is 0 Å². The molecule has 6 nitrogen and oxygen atoms in total. The van der Waals surface area contributed by atoms with Crippen molar-refractivity contribution in [2.75, 3.05) is 7.05 Å². The molecule has 0 radical (unpaired) electrons. The number of carbonyl (C=O) groups excluding carboxylic acids is 1. The monoisotopic (exact) mass is 291 g/mol. The Morgan fingerprint density at radius 2 is 2.05 bits per heavy atom. The van der Waals surface area contributed by atoms with Crippen LogP contribution in [0.15, 0.2) is 24.4 Å². The molecule has 1 saturated carbocycles. The maximum atomic E-state index is 12.2. The Morgan fingerprint density at radius 3 is 2.62 bits per heavy atom. The topological polar surface area (TPSA) is 82.5 Å². The average Bonchev–Trinajstić information content (AvgIpc) is 2.49. The molecule has 2 amide bonds. The minimum atomic E-state index is -1.12. The molecular formula is C15H21N3O3. The van der Waals surface area contributed by atoms with Crippen molar-refractivity contribution in [3.63, 3.8) is 0 Å². The van der Waals surface area contributed by atoms with Crippen LogP contribution in [0, 0.1) is 0 Å². The highest BCUT2D eigenvalue weighted by molar-refractivity contribution is 5.86. The Balaban J connectivity index is 2.00. The van der Waals surface area contributed by atoms with Crippen LogP contribution in [0.1, 0.15) is 37.8 Å². The van der Waals surface area contributed by atoms with Crippen LogP contribution < -0.4 is 5.32 Å². The van der Waals surface area contributed by atoms with Crippen LogP contribution in [0.3, 0.4) is 0 Å². The molecule has 0 unspecified atom stereocenters. The van der Waals surface area contributed by atoms with Crippen LogP contribution >= 0.6 is 0 Å². The summed E-state index contributed by atoms with van der Waals surface area (Å²) in [4.78, 5) is 29.4. The van der Waals surface area contributed by atoms with Crippen molar-refractivity contribution in [2.45, 2.75) is 44.2 Å². The highest BCUT2D eigenvalue weighted by Crippen LogP contribution is 2.28. The minimum Gasteiger partial charge on any atom is -0.480 e. The molecule has 1 fully saturated rings. The van der Waals surface area contributed by atoms with Gasteiger partial charge >= 0.3 is 12.0 Å². The molecule has 2 rings (SSSR count). The number of nitrogens with zero attached hydrogens (tertiary/aromatic N) is 2. The van der Waals surface area contributed by atoms with Crippen LogP contribution in [-0.4, -0.2) is 39.6 Å². The molecule has 0 spiro atoms. The first-order chi connectivity index (χ1) is 10.0. The summed E-state index contributed by atoms with van der Waals surface area (Å²) < 4.78 is 0. The van der Waals surface area contributed by atoms with Gasteiger partial charge < -0.3 is 15.3 Å². The summed E-state index contributed by atoms with van der Waals surface area (Å²) in [5, 5.41) is 12.2. The van der Waals surface area contributed by atoms with Crippen LogP contribution in [0.25, 0.3) is 0 Å². The van der Waals surface area contributed by atoms with E-state index in [1.54, 1.807) is 13.2 Å². The molecule has 0 aromatic carbocycles. The van der Waals surface area contributed by atoms with E-state index in [4.69, 9.17) is 0 Å². The van der Waals surface area contributed by atoms with E-state index in [1.165, 1.54) is 4.90 Å². The van der Waals surface area contributed by atoms with Gasteiger partial charge in [-0.3, -0.25) is 4.98 Å². The maximum absolute atomic E-state index is 12.2. The number of urea groups is 1. The highest BCUT2D eigenvalue weighted by atomic mass is 16.4. The van der Waals surface area contributed by atoms with Gasteiger partial charge in [-0.2, -0.15) is 0 Å². The summed E-state index contributed by atoms with van der Waals surface area (Å²) in [5.41, 5.74) is -0.351. The zero-order chi connectivity index (χ0) is 15.3. The van der Waals surface area contributed by atoms with E-state index in [9.17, 15) is 14.7 Å². The second-order valence-electron chi connectivity index (χ2n) is 5.56. The van der Waals surface area contributed by atoms with Crippen LogP contribution in [-0.2, 0) is 11.3 Å². The number of nitrogens with one attached hydrogen (secondary N) is 1. The maximum Gasteiger partial charge on any atom is 0.329 e. The molecule has 1 aliphatic rings. The molecule has 0 aliphatic heterocycles. The number of pyridine rings is 1. The molecule has 6 heteroatoms. The van der Waals surface area contributed by atoms with Gasteiger partial charge in [-0.15, -0.1) is 0 Å². The van der Waals surface area contributed by atoms with E-state index < -0.39 is 11.5 Å². The summed E-state index contributed by atoms with van der Waals surface area (Å²) in [6.07, 6.45) is 5.33. The van der Waals surface area contributed by atoms with Crippen LogP contribution in [0.4, 0.5) is 4.79 Å². The number of hydrogen-bond acceptors (Lipinski definition) is 3. The van der Waals surface area contributed by atoms with Gasteiger partial charge in [-0.25, -0.2) is 9.59 Å². The lowest BCUT2D eigenvalue weighted by molar-refractivity contribution is -0.145.